The summed E-state index contributed by atoms with van der Waals surface area (Å²) in [7, 11) is -3.68. The van der Waals surface area contributed by atoms with Crippen molar-refractivity contribution in [1.82, 2.24) is 0 Å². The molecule has 2 rings (SSSR count). The van der Waals surface area contributed by atoms with Crippen molar-refractivity contribution in [2.24, 2.45) is 5.41 Å². The third-order valence-electron chi connectivity index (χ3n) is 4.38. The van der Waals surface area contributed by atoms with E-state index in [1.807, 2.05) is 0 Å². The zero-order valence-corrected chi connectivity index (χ0v) is 16.7. The van der Waals surface area contributed by atoms with E-state index in [0.29, 0.717) is 5.56 Å². The predicted molar refractivity (Wildman–Crippen MR) is 95.8 cm³/mol. The van der Waals surface area contributed by atoms with Crippen molar-refractivity contribution in [3.8, 4) is 0 Å². The van der Waals surface area contributed by atoms with Crippen LogP contribution in [0.4, 0.5) is 0 Å². The fraction of sp³-hybridized carbons (Fsp3) is 0.529. The van der Waals surface area contributed by atoms with Gasteiger partial charge in [0.2, 0.25) is 0 Å². The molecule has 0 aliphatic heterocycles. The first-order valence-corrected chi connectivity index (χ1v) is 10.6. The van der Waals surface area contributed by atoms with Gasteiger partial charge in [-0.1, -0.05) is 35.0 Å². The highest BCUT2D eigenvalue weighted by molar-refractivity contribution is 9.10. The van der Waals surface area contributed by atoms with Crippen LogP contribution < -0.4 is 0 Å². The molecule has 25 heavy (non-hydrogen) atoms. The molecule has 1 saturated carbocycles. The van der Waals surface area contributed by atoms with Crippen molar-refractivity contribution in [1.29, 1.82) is 0 Å². The molecule has 2 atom stereocenters. The van der Waals surface area contributed by atoms with Crippen LogP contribution in [-0.4, -0.2) is 44.6 Å². The maximum atomic E-state index is 12.7. The van der Waals surface area contributed by atoms with Crippen LogP contribution >= 0.6 is 15.9 Å². The maximum absolute atomic E-state index is 12.7. The zero-order chi connectivity index (χ0) is 18.8. The summed E-state index contributed by atoms with van der Waals surface area (Å²) >= 11 is 3.32. The van der Waals surface area contributed by atoms with Gasteiger partial charge in [0.25, 0.3) is 0 Å². The average molecular weight is 433 g/mol. The lowest BCUT2D eigenvalue weighted by Crippen LogP contribution is -2.36. The average Bonchev–Trinajstić information content (AvgIpc) is 3.28. The fourth-order valence-electron chi connectivity index (χ4n) is 3.20. The van der Waals surface area contributed by atoms with Crippen LogP contribution in [0, 0.1) is 5.41 Å². The van der Waals surface area contributed by atoms with Gasteiger partial charge in [-0.2, -0.15) is 0 Å². The van der Waals surface area contributed by atoms with Gasteiger partial charge in [0, 0.05) is 16.1 Å². The summed E-state index contributed by atoms with van der Waals surface area (Å²) in [5.74, 6) is -2.68. The van der Waals surface area contributed by atoms with E-state index in [-0.39, 0.29) is 19.0 Å². The minimum Gasteiger partial charge on any atom is -0.465 e. The number of halogens is 1. The molecule has 0 saturated heterocycles. The van der Waals surface area contributed by atoms with Gasteiger partial charge in [0.1, 0.15) is 0 Å². The highest BCUT2D eigenvalue weighted by Gasteiger charge is 2.81. The van der Waals surface area contributed by atoms with E-state index in [1.54, 1.807) is 38.1 Å². The summed E-state index contributed by atoms with van der Waals surface area (Å²) < 4.78 is 36.2. The summed E-state index contributed by atoms with van der Waals surface area (Å²) in [6.07, 6.45) is 0. The first kappa shape index (κ1) is 19.9. The molecule has 1 aromatic carbocycles. The van der Waals surface area contributed by atoms with Crippen LogP contribution in [0.3, 0.4) is 0 Å². The van der Waals surface area contributed by atoms with Gasteiger partial charge < -0.3 is 9.47 Å². The quantitative estimate of drug-likeness (QED) is 0.485. The number of sulfone groups is 1. The monoisotopic (exact) mass is 432 g/mol. The Balaban J connectivity index is 2.61. The van der Waals surface area contributed by atoms with E-state index in [9.17, 15) is 18.0 Å². The van der Waals surface area contributed by atoms with E-state index < -0.39 is 38.4 Å². The van der Waals surface area contributed by atoms with Crippen LogP contribution in [-0.2, 0) is 28.9 Å². The Bertz CT molecular complexity index is 738. The molecular formula is C17H21BrO6S. The Labute approximate surface area is 155 Å². The van der Waals surface area contributed by atoms with Crippen molar-refractivity contribution in [2.45, 2.75) is 31.9 Å². The highest BCUT2D eigenvalue weighted by Crippen LogP contribution is 2.64. The Morgan fingerprint density at radius 2 is 1.52 bits per heavy atom. The number of carbonyl (C=O) groups excluding carboxylic acids is 2. The van der Waals surface area contributed by atoms with Crippen molar-refractivity contribution in [3.05, 3.63) is 34.3 Å². The molecule has 0 amide bonds. The van der Waals surface area contributed by atoms with E-state index in [1.165, 1.54) is 6.92 Å². The first-order valence-electron chi connectivity index (χ1n) is 8.08. The molecule has 0 unspecified atom stereocenters. The van der Waals surface area contributed by atoms with Gasteiger partial charge in [0.05, 0.1) is 18.5 Å². The summed E-state index contributed by atoms with van der Waals surface area (Å²) in [6.45, 7) is 4.80. The largest absolute Gasteiger partial charge is 0.465 e. The number of hydrogen-bond acceptors (Lipinski definition) is 6. The number of carbonyl (C=O) groups is 2. The van der Waals surface area contributed by atoms with Crippen LogP contribution in [0.5, 0.6) is 0 Å². The SMILES string of the molecule is CCOC(=O)C1(C(=O)OCC)[C@H](S(=O)(=O)CC)[C@@H]1c1ccc(Br)cc1. The number of esters is 2. The number of benzene rings is 1. The van der Waals surface area contributed by atoms with Gasteiger partial charge in [-0.3, -0.25) is 9.59 Å². The topological polar surface area (TPSA) is 86.7 Å². The molecule has 0 heterocycles. The second-order valence-electron chi connectivity index (χ2n) is 5.71. The van der Waals surface area contributed by atoms with Crippen molar-refractivity contribution < 1.29 is 27.5 Å². The molecule has 0 aromatic heterocycles. The molecular weight excluding hydrogens is 412 g/mol. The van der Waals surface area contributed by atoms with Gasteiger partial charge in [-0.05, 0) is 31.5 Å². The number of rotatable bonds is 7. The number of ether oxygens (including phenoxy) is 2. The minimum absolute atomic E-state index is 0.0476. The lowest BCUT2D eigenvalue weighted by atomic mass is 9.99. The molecule has 1 aliphatic rings. The van der Waals surface area contributed by atoms with Gasteiger partial charge >= 0.3 is 11.9 Å². The summed E-state index contributed by atoms with van der Waals surface area (Å²) in [5, 5.41) is -1.18. The van der Waals surface area contributed by atoms with Gasteiger partial charge in [0.15, 0.2) is 15.3 Å². The molecule has 0 spiro atoms. The van der Waals surface area contributed by atoms with Crippen LogP contribution in [0.15, 0.2) is 28.7 Å². The van der Waals surface area contributed by atoms with E-state index in [0.717, 1.165) is 4.47 Å². The molecule has 0 radical (unpaired) electrons. The van der Waals surface area contributed by atoms with E-state index in [4.69, 9.17) is 9.47 Å². The van der Waals surface area contributed by atoms with Gasteiger partial charge in [-0.15, -0.1) is 0 Å². The highest BCUT2D eigenvalue weighted by atomic mass is 79.9. The summed E-state index contributed by atoms with van der Waals surface area (Å²) in [4.78, 5) is 25.3. The maximum Gasteiger partial charge on any atom is 0.325 e. The van der Waals surface area contributed by atoms with Crippen molar-refractivity contribution in [3.63, 3.8) is 0 Å². The fourth-order valence-corrected chi connectivity index (χ4v) is 5.44. The van der Waals surface area contributed by atoms with Crippen molar-refractivity contribution in [2.75, 3.05) is 19.0 Å². The Morgan fingerprint density at radius 1 is 1.04 bits per heavy atom. The molecule has 1 aliphatic carbocycles. The second kappa shape index (κ2) is 7.45. The smallest absolute Gasteiger partial charge is 0.325 e. The van der Waals surface area contributed by atoms with Crippen LogP contribution in [0.1, 0.15) is 32.3 Å². The molecule has 0 bridgehead atoms. The third kappa shape index (κ3) is 3.33. The third-order valence-corrected chi connectivity index (χ3v) is 7.13. The lowest BCUT2D eigenvalue weighted by molar-refractivity contribution is -0.164. The molecule has 1 fully saturated rings. The summed E-state index contributed by atoms with van der Waals surface area (Å²) in [6, 6.07) is 6.88. The molecule has 0 N–H and O–H groups in total. The standard InChI is InChI=1S/C17H21BrO6S/c1-4-23-15(19)17(16(20)24-5-2)13(14(17)25(21,22)6-3)11-7-9-12(18)10-8-11/h7-10,13-14H,4-6H2,1-3H3/t13-,14+/m0/s1. The Hall–Kier alpha value is -1.41. The normalized spacial score (nSPS) is 21.4. The first-order chi connectivity index (χ1) is 11.8. The predicted octanol–water partition coefficient (Wildman–Crippen LogP) is 2.46. The Morgan fingerprint density at radius 3 is 1.92 bits per heavy atom. The summed E-state index contributed by atoms with van der Waals surface area (Å²) in [5.41, 5.74) is -1.25. The van der Waals surface area contributed by atoms with Gasteiger partial charge in [-0.25, -0.2) is 8.42 Å². The Kier molecular flexibility index (Phi) is 5.93. The van der Waals surface area contributed by atoms with Crippen LogP contribution in [0.25, 0.3) is 0 Å². The molecule has 6 nitrogen and oxygen atoms in total. The number of hydrogen-bond donors (Lipinski definition) is 0. The zero-order valence-electron chi connectivity index (χ0n) is 14.3. The van der Waals surface area contributed by atoms with E-state index >= 15 is 0 Å². The molecule has 1 aromatic rings. The van der Waals surface area contributed by atoms with Crippen molar-refractivity contribution >= 4 is 37.7 Å². The molecule has 8 heteroatoms. The lowest BCUT2D eigenvalue weighted by Gasteiger charge is -2.15. The van der Waals surface area contributed by atoms with Crippen LogP contribution in [0.2, 0.25) is 0 Å². The van der Waals surface area contributed by atoms with E-state index in [2.05, 4.69) is 15.9 Å². The molecule has 138 valence electrons. The minimum atomic E-state index is -3.68. The second-order valence-corrected chi connectivity index (χ2v) is 9.04.